The molecule has 0 fully saturated rings. The van der Waals surface area contributed by atoms with Gasteiger partial charge in [-0.15, -0.1) is 0 Å². The summed E-state index contributed by atoms with van der Waals surface area (Å²) in [6, 6.07) is 12.9. The van der Waals surface area contributed by atoms with Crippen molar-refractivity contribution in [1.82, 2.24) is 9.55 Å². The number of anilines is 2. The van der Waals surface area contributed by atoms with Gasteiger partial charge in [0, 0.05) is 27.8 Å². The lowest BCUT2D eigenvalue weighted by molar-refractivity contribution is 0.607. The number of benzene rings is 2. The molecule has 1 aromatic heterocycles. The van der Waals surface area contributed by atoms with E-state index in [1.165, 1.54) is 10.8 Å². The van der Waals surface area contributed by atoms with Crippen molar-refractivity contribution < 1.29 is 0 Å². The van der Waals surface area contributed by atoms with E-state index in [1.807, 2.05) is 6.92 Å². The summed E-state index contributed by atoms with van der Waals surface area (Å²) in [5, 5.41) is 5.86. The lowest BCUT2D eigenvalue weighted by Gasteiger charge is -2.14. The fourth-order valence-electron chi connectivity index (χ4n) is 2.49. The Labute approximate surface area is 133 Å². The van der Waals surface area contributed by atoms with E-state index < -0.39 is 0 Å². The first-order valence-corrected chi connectivity index (χ1v) is 7.85. The number of rotatable bonds is 3. The summed E-state index contributed by atoms with van der Waals surface area (Å²) >= 11 is 3.61. The average Bonchev–Trinajstić information content (AvgIpc) is 2.83. The van der Waals surface area contributed by atoms with Crippen molar-refractivity contribution in [3.05, 3.63) is 52.8 Å². The Morgan fingerprint density at radius 1 is 1.10 bits per heavy atom. The maximum absolute atomic E-state index is 4.60. The zero-order chi connectivity index (χ0) is 15.0. The van der Waals surface area contributed by atoms with Crippen LogP contribution < -0.4 is 5.32 Å². The average molecular weight is 344 g/mol. The second-order valence-electron chi connectivity index (χ2n) is 5.47. The second-order valence-corrected chi connectivity index (χ2v) is 6.33. The number of aromatic nitrogens is 2. The van der Waals surface area contributed by atoms with Crippen LogP contribution in [0, 0.1) is 6.92 Å². The molecular formula is C17H18BrN3. The van der Waals surface area contributed by atoms with Crippen LogP contribution in [0.15, 0.2) is 47.1 Å². The summed E-state index contributed by atoms with van der Waals surface area (Å²) in [5.74, 6) is 0.884. The lowest BCUT2D eigenvalue weighted by atomic mass is 10.1. The standard InChI is InChI=1S/C17H18BrN3/c1-11(2)21-10-12(3)19-17(21)20-16-9-8-15(18)13-6-4-5-7-14(13)16/h4-11H,1-3H3,(H,19,20). The maximum atomic E-state index is 4.60. The van der Waals surface area contributed by atoms with Crippen LogP contribution in [0.1, 0.15) is 25.6 Å². The van der Waals surface area contributed by atoms with E-state index in [0.29, 0.717) is 6.04 Å². The van der Waals surface area contributed by atoms with Gasteiger partial charge in [-0.3, -0.25) is 0 Å². The van der Waals surface area contributed by atoms with Gasteiger partial charge in [-0.05, 0) is 38.3 Å². The normalized spacial score (nSPS) is 11.3. The van der Waals surface area contributed by atoms with Crippen LogP contribution >= 0.6 is 15.9 Å². The summed E-state index contributed by atoms with van der Waals surface area (Å²) in [7, 11) is 0. The molecular weight excluding hydrogens is 326 g/mol. The molecule has 3 nitrogen and oxygen atoms in total. The van der Waals surface area contributed by atoms with Crippen LogP contribution in [-0.4, -0.2) is 9.55 Å². The van der Waals surface area contributed by atoms with Crippen molar-refractivity contribution in [2.75, 3.05) is 5.32 Å². The van der Waals surface area contributed by atoms with Gasteiger partial charge in [0.2, 0.25) is 5.95 Å². The van der Waals surface area contributed by atoms with Gasteiger partial charge >= 0.3 is 0 Å². The van der Waals surface area contributed by atoms with E-state index in [1.54, 1.807) is 0 Å². The van der Waals surface area contributed by atoms with Crippen molar-refractivity contribution >= 4 is 38.3 Å². The van der Waals surface area contributed by atoms with Crippen molar-refractivity contribution in [2.24, 2.45) is 0 Å². The SMILES string of the molecule is Cc1cn(C(C)C)c(Nc2ccc(Br)c3ccccc23)n1. The number of nitrogens with zero attached hydrogens (tertiary/aromatic N) is 2. The maximum Gasteiger partial charge on any atom is 0.207 e. The van der Waals surface area contributed by atoms with Crippen LogP contribution in [0.3, 0.4) is 0 Å². The molecule has 0 spiro atoms. The number of imidazole rings is 1. The highest BCUT2D eigenvalue weighted by molar-refractivity contribution is 9.10. The van der Waals surface area contributed by atoms with Gasteiger partial charge < -0.3 is 9.88 Å². The molecule has 0 radical (unpaired) electrons. The largest absolute Gasteiger partial charge is 0.325 e. The third kappa shape index (κ3) is 2.68. The minimum absolute atomic E-state index is 0.371. The van der Waals surface area contributed by atoms with E-state index in [0.717, 1.165) is 21.8 Å². The zero-order valence-corrected chi connectivity index (χ0v) is 14.0. The van der Waals surface area contributed by atoms with Crippen molar-refractivity contribution in [3.8, 4) is 0 Å². The molecule has 0 bridgehead atoms. The topological polar surface area (TPSA) is 29.9 Å². The van der Waals surface area contributed by atoms with Crippen LogP contribution in [0.5, 0.6) is 0 Å². The van der Waals surface area contributed by atoms with Crippen molar-refractivity contribution in [3.63, 3.8) is 0 Å². The van der Waals surface area contributed by atoms with Gasteiger partial charge in [0.05, 0.1) is 5.69 Å². The fourth-order valence-corrected chi connectivity index (χ4v) is 2.97. The van der Waals surface area contributed by atoms with Gasteiger partial charge in [0.15, 0.2) is 0 Å². The Bertz CT molecular complexity index is 790. The molecule has 108 valence electrons. The number of hydrogen-bond donors (Lipinski definition) is 1. The molecule has 3 rings (SSSR count). The Balaban J connectivity index is 2.09. The zero-order valence-electron chi connectivity index (χ0n) is 12.4. The number of halogens is 1. The molecule has 0 aliphatic carbocycles. The van der Waals surface area contributed by atoms with E-state index in [2.05, 4.69) is 87.2 Å². The van der Waals surface area contributed by atoms with Crippen molar-refractivity contribution in [2.45, 2.75) is 26.8 Å². The molecule has 1 heterocycles. The highest BCUT2D eigenvalue weighted by Gasteiger charge is 2.11. The van der Waals surface area contributed by atoms with Crippen LogP contribution in [0.25, 0.3) is 10.8 Å². The molecule has 2 aromatic carbocycles. The quantitative estimate of drug-likeness (QED) is 0.686. The molecule has 0 saturated carbocycles. The highest BCUT2D eigenvalue weighted by Crippen LogP contribution is 2.32. The summed E-state index contributed by atoms with van der Waals surface area (Å²) in [6.45, 7) is 6.34. The molecule has 0 aliphatic heterocycles. The Morgan fingerprint density at radius 2 is 1.81 bits per heavy atom. The molecule has 0 atom stereocenters. The summed E-state index contributed by atoms with van der Waals surface area (Å²) in [4.78, 5) is 4.60. The van der Waals surface area contributed by atoms with Gasteiger partial charge in [0.25, 0.3) is 0 Å². The van der Waals surface area contributed by atoms with Gasteiger partial charge in [-0.25, -0.2) is 4.98 Å². The number of aryl methyl sites for hydroxylation is 1. The third-order valence-corrected chi connectivity index (χ3v) is 4.22. The smallest absolute Gasteiger partial charge is 0.207 e. The molecule has 0 amide bonds. The van der Waals surface area contributed by atoms with Gasteiger partial charge in [0.1, 0.15) is 0 Å². The minimum Gasteiger partial charge on any atom is -0.325 e. The first-order chi connectivity index (χ1) is 10.1. The predicted molar refractivity (Wildman–Crippen MR) is 92.3 cm³/mol. The van der Waals surface area contributed by atoms with Crippen LogP contribution in [0.4, 0.5) is 11.6 Å². The van der Waals surface area contributed by atoms with Crippen LogP contribution in [0.2, 0.25) is 0 Å². The first-order valence-electron chi connectivity index (χ1n) is 7.06. The molecule has 3 aromatic rings. The van der Waals surface area contributed by atoms with E-state index in [4.69, 9.17) is 0 Å². The van der Waals surface area contributed by atoms with Gasteiger partial charge in [-0.2, -0.15) is 0 Å². The molecule has 1 N–H and O–H groups in total. The Morgan fingerprint density at radius 3 is 2.52 bits per heavy atom. The second kappa shape index (κ2) is 5.53. The Kier molecular flexibility index (Phi) is 3.72. The number of fused-ring (bicyclic) bond motifs is 1. The van der Waals surface area contributed by atoms with E-state index in [-0.39, 0.29) is 0 Å². The lowest BCUT2D eigenvalue weighted by Crippen LogP contribution is -2.05. The van der Waals surface area contributed by atoms with E-state index >= 15 is 0 Å². The summed E-state index contributed by atoms with van der Waals surface area (Å²) in [6.07, 6.45) is 2.08. The molecule has 0 aliphatic rings. The summed E-state index contributed by atoms with van der Waals surface area (Å²) in [5.41, 5.74) is 2.09. The molecule has 21 heavy (non-hydrogen) atoms. The predicted octanol–water partition coefficient (Wildman–Crippen LogP) is 5.43. The van der Waals surface area contributed by atoms with Crippen LogP contribution in [-0.2, 0) is 0 Å². The highest BCUT2D eigenvalue weighted by atomic mass is 79.9. The number of hydrogen-bond acceptors (Lipinski definition) is 2. The monoisotopic (exact) mass is 343 g/mol. The molecule has 0 saturated heterocycles. The molecule has 4 heteroatoms. The summed E-state index contributed by atoms with van der Waals surface area (Å²) < 4.78 is 3.26. The fraction of sp³-hybridized carbons (Fsp3) is 0.235. The Hall–Kier alpha value is -1.81. The van der Waals surface area contributed by atoms with Gasteiger partial charge in [-0.1, -0.05) is 40.2 Å². The molecule has 0 unspecified atom stereocenters. The third-order valence-electron chi connectivity index (χ3n) is 3.53. The first kappa shape index (κ1) is 14.1. The van der Waals surface area contributed by atoms with Crippen molar-refractivity contribution in [1.29, 1.82) is 0 Å². The number of nitrogens with one attached hydrogen (secondary N) is 1. The minimum atomic E-state index is 0.371. The van der Waals surface area contributed by atoms with E-state index in [9.17, 15) is 0 Å².